The second-order valence-electron chi connectivity index (χ2n) is 5.81. The van der Waals surface area contributed by atoms with E-state index < -0.39 is 0 Å². The molecule has 0 radical (unpaired) electrons. The van der Waals surface area contributed by atoms with E-state index in [1.807, 2.05) is 30.3 Å². The van der Waals surface area contributed by atoms with Crippen molar-refractivity contribution in [1.82, 2.24) is 10.9 Å². The number of nitrogens with two attached hydrogens (primary N) is 1. The van der Waals surface area contributed by atoms with Gasteiger partial charge in [-0.15, -0.1) is 0 Å². The molecule has 0 aliphatic carbocycles. The highest BCUT2D eigenvalue weighted by Crippen LogP contribution is 2.29. The van der Waals surface area contributed by atoms with Gasteiger partial charge in [0.1, 0.15) is 12.4 Å². The molecule has 0 aromatic heterocycles. The SMILES string of the molecule is CC1C(CN)NNC1c1ccc(OCc2ccccc2)cc1. The molecule has 2 aromatic rings. The minimum absolute atomic E-state index is 0.289. The van der Waals surface area contributed by atoms with E-state index in [4.69, 9.17) is 10.5 Å². The number of hydrazine groups is 1. The fourth-order valence-corrected chi connectivity index (χ4v) is 2.86. The van der Waals surface area contributed by atoms with Gasteiger partial charge in [-0.25, -0.2) is 5.43 Å². The van der Waals surface area contributed by atoms with Crippen molar-refractivity contribution in [3.63, 3.8) is 0 Å². The molecule has 0 amide bonds. The molecule has 1 heterocycles. The third-order valence-electron chi connectivity index (χ3n) is 4.33. The van der Waals surface area contributed by atoms with Gasteiger partial charge in [-0.3, -0.25) is 5.43 Å². The van der Waals surface area contributed by atoms with Crippen molar-refractivity contribution < 1.29 is 4.74 Å². The minimum Gasteiger partial charge on any atom is -0.489 e. The van der Waals surface area contributed by atoms with Gasteiger partial charge in [0.05, 0.1) is 6.04 Å². The average Bonchev–Trinajstić information content (AvgIpc) is 2.95. The van der Waals surface area contributed by atoms with E-state index in [-0.39, 0.29) is 6.04 Å². The minimum atomic E-state index is 0.289. The summed E-state index contributed by atoms with van der Waals surface area (Å²) in [4.78, 5) is 0. The first-order chi connectivity index (χ1) is 10.8. The summed E-state index contributed by atoms with van der Waals surface area (Å²) in [6.07, 6.45) is 0. The van der Waals surface area contributed by atoms with E-state index in [2.05, 4.69) is 42.0 Å². The molecule has 22 heavy (non-hydrogen) atoms. The number of hydrogen-bond donors (Lipinski definition) is 3. The number of hydrogen-bond acceptors (Lipinski definition) is 4. The highest BCUT2D eigenvalue weighted by molar-refractivity contribution is 5.30. The molecule has 4 N–H and O–H groups in total. The van der Waals surface area contributed by atoms with E-state index in [1.54, 1.807) is 0 Å². The van der Waals surface area contributed by atoms with Gasteiger partial charge < -0.3 is 10.5 Å². The second kappa shape index (κ2) is 6.92. The zero-order chi connectivity index (χ0) is 15.4. The molecule has 3 atom stereocenters. The summed E-state index contributed by atoms with van der Waals surface area (Å²) >= 11 is 0. The molecule has 4 nitrogen and oxygen atoms in total. The maximum absolute atomic E-state index is 5.82. The standard InChI is InChI=1S/C18H23N3O/c1-13-17(11-19)20-21-18(13)15-7-9-16(10-8-15)22-12-14-5-3-2-4-6-14/h2-10,13,17-18,20-21H,11-12,19H2,1H3. The molecule has 0 spiro atoms. The molecule has 1 aliphatic heterocycles. The first kappa shape index (κ1) is 15.0. The molecule has 1 saturated heterocycles. The Bertz CT molecular complexity index is 585. The van der Waals surface area contributed by atoms with Gasteiger partial charge in [0.25, 0.3) is 0 Å². The summed E-state index contributed by atoms with van der Waals surface area (Å²) in [7, 11) is 0. The highest BCUT2D eigenvalue weighted by atomic mass is 16.5. The van der Waals surface area contributed by atoms with Crippen molar-refractivity contribution in [2.45, 2.75) is 25.6 Å². The monoisotopic (exact) mass is 297 g/mol. The van der Waals surface area contributed by atoms with Crippen molar-refractivity contribution in [3.05, 3.63) is 65.7 Å². The van der Waals surface area contributed by atoms with Crippen LogP contribution in [0.5, 0.6) is 5.75 Å². The van der Waals surface area contributed by atoms with Crippen LogP contribution in [0.4, 0.5) is 0 Å². The lowest BCUT2D eigenvalue weighted by atomic mass is 9.91. The normalized spacial score (nSPS) is 24.4. The van der Waals surface area contributed by atoms with Crippen LogP contribution in [-0.2, 0) is 6.61 Å². The maximum atomic E-state index is 5.82. The molecule has 1 aliphatic rings. The van der Waals surface area contributed by atoms with E-state index in [1.165, 1.54) is 11.1 Å². The van der Waals surface area contributed by atoms with Crippen LogP contribution in [0, 0.1) is 5.92 Å². The van der Waals surface area contributed by atoms with Crippen LogP contribution in [0.3, 0.4) is 0 Å². The average molecular weight is 297 g/mol. The Morgan fingerprint density at radius 2 is 1.73 bits per heavy atom. The molecule has 116 valence electrons. The first-order valence-electron chi connectivity index (χ1n) is 7.75. The molecule has 1 fully saturated rings. The smallest absolute Gasteiger partial charge is 0.119 e. The topological polar surface area (TPSA) is 59.3 Å². The molecule has 0 saturated carbocycles. The quantitative estimate of drug-likeness (QED) is 0.793. The maximum Gasteiger partial charge on any atom is 0.119 e. The molecule has 0 bridgehead atoms. The Labute approximate surface area is 131 Å². The van der Waals surface area contributed by atoms with Crippen LogP contribution < -0.4 is 21.3 Å². The Morgan fingerprint density at radius 1 is 1.00 bits per heavy atom. The highest BCUT2D eigenvalue weighted by Gasteiger charge is 2.32. The number of ether oxygens (including phenoxy) is 1. The number of nitrogens with one attached hydrogen (secondary N) is 2. The van der Waals surface area contributed by atoms with E-state index in [0.29, 0.717) is 25.1 Å². The van der Waals surface area contributed by atoms with Crippen molar-refractivity contribution in [2.24, 2.45) is 11.7 Å². The largest absolute Gasteiger partial charge is 0.489 e. The number of rotatable bonds is 5. The van der Waals surface area contributed by atoms with Crippen molar-refractivity contribution in [2.75, 3.05) is 6.54 Å². The zero-order valence-corrected chi connectivity index (χ0v) is 12.8. The van der Waals surface area contributed by atoms with Gasteiger partial charge in [-0.2, -0.15) is 0 Å². The van der Waals surface area contributed by atoms with Crippen molar-refractivity contribution in [3.8, 4) is 5.75 Å². The third kappa shape index (κ3) is 3.30. The van der Waals surface area contributed by atoms with Crippen LogP contribution in [0.2, 0.25) is 0 Å². The van der Waals surface area contributed by atoms with Crippen molar-refractivity contribution in [1.29, 1.82) is 0 Å². The number of benzene rings is 2. The van der Waals surface area contributed by atoms with Crippen molar-refractivity contribution >= 4 is 0 Å². The molecular weight excluding hydrogens is 274 g/mol. The van der Waals surface area contributed by atoms with Crippen LogP contribution in [0.25, 0.3) is 0 Å². The Hall–Kier alpha value is -1.88. The van der Waals surface area contributed by atoms with Gasteiger partial charge in [0.2, 0.25) is 0 Å². The predicted molar refractivity (Wildman–Crippen MR) is 88.2 cm³/mol. The Kier molecular flexibility index (Phi) is 4.73. The zero-order valence-electron chi connectivity index (χ0n) is 12.8. The Morgan fingerprint density at radius 3 is 2.36 bits per heavy atom. The van der Waals surface area contributed by atoms with Crippen LogP contribution in [0.15, 0.2) is 54.6 Å². The van der Waals surface area contributed by atoms with Gasteiger partial charge in [0.15, 0.2) is 0 Å². The molecule has 3 unspecified atom stereocenters. The van der Waals surface area contributed by atoms with E-state index in [0.717, 1.165) is 5.75 Å². The van der Waals surface area contributed by atoms with E-state index >= 15 is 0 Å². The predicted octanol–water partition coefficient (Wildman–Crippen LogP) is 2.38. The summed E-state index contributed by atoms with van der Waals surface area (Å²) in [5.74, 6) is 1.35. The lowest BCUT2D eigenvalue weighted by Gasteiger charge is -2.18. The molecule has 4 heteroatoms. The second-order valence-corrected chi connectivity index (χ2v) is 5.81. The fraction of sp³-hybridized carbons (Fsp3) is 0.333. The Balaban J connectivity index is 1.61. The summed E-state index contributed by atoms with van der Waals surface area (Å²) in [5, 5.41) is 0. The summed E-state index contributed by atoms with van der Waals surface area (Å²) < 4.78 is 5.82. The van der Waals surface area contributed by atoms with Crippen LogP contribution in [-0.4, -0.2) is 12.6 Å². The summed E-state index contributed by atoms with van der Waals surface area (Å²) in [6, 6.07) is 19.1. The molecule has 2 aromatic carbocycles. The van der Waals surface area contributed by atoms with Crippen LogP contribution in [0.1, 0.15) is 24.1 Å². The summed E-state index contributed by atoms with van der Waals surface area (Å²) in [6.45, 7) is 3.45. The lowest BCUT2D eigenvalue weighted by Crippen LogP contribution is -2.37. The van der Waals surface area contributed by atoms with Crippen LogP contribution >= 0.6 is 0 Å². The lowest BCUT2D eigenvalue weighted by molar-refractivity contribution is 0.306. The molecular formula is C18H23N3O. The van der Waals surface area contributed by atoms with Gasteiger partial charge in [-0.1, -0.05) is 49.4 Å². The van der Waals surface area contributed by atoms with Gasteiger partial charge in [-0.05, 0) is 29.2 Å². The van der Waals surface area contributed by atoms with Gasteiger partial charge in [0, 0.05) is 12.6 Å². The molecule has 3 rings (SSSR count). The fourth-order valence-electron chi connectivity index (χ4n) is 2.86. The van der Waals surface area contributed by atoms with Gasteiger partial charge >= 0.3 is 0 Å². The van der Waals surface area contributed by atoms with E-state index in [9.17, 15) is 0 Å². The summed E-state index contributed by atoms with van der Waals surface area (Å²) in [5.41, 5.74) is 14.8. The third-order valence-corrected chi connectivity index (χ3v) is 4.33. The first-order valence-corrected chi connectivity index (χ1v) is 7.75.